The summed E-state index contributed by atoms with van der Waals surface area (Å²) in [5.74, 6) is 0.0414. The molecular formula is C14H28N4O2. The van der Waals surface area contributed by atoms with Gasteiger partial charge in [-0.1, -0.05) is 13.8 Å². The summed E-state index contributed by atoms with van der Waals surface area (Å²) in [6.07, 6.45) is 1.88. The van der Waals surface area contributed by atoms with E-state index in [2.05, 4.69) is 10.2 Å². The Morgan fingerprint density at radius 1 is 1.30 bits per heavy atom. The zero-order valence-corrected chi connectivity index (χ0v) is 13.1. The van der Waals surface area contributed by atoms with Crippen LogP contribution in [0.1, 0.15) is 26.7 Å². The van der Waals surface area contributed by atoms with Gasteiger partial charge in [0.25, 0.3) is 0 Å². The largest absolute Gasteiger partial charge is 0.368 e. The summed E-state index contributed by atoms with van der Waals surface area (Å²) >= 11 is 0. The van der Waals surface area contributed by atoms with E-state index in [4.69, 9.17) is 5.73 Å². The predicted octanol–water partition coefficient (Wildman–Crippen LogP) is -0.361. The zero-order valence-electron chi connectivity index (χ0n) is 13.1. The molecule has 1 heterocycles. The molecule has 0 aromatic carbocycles. The number of rotatable bonds is 6. The summed E-state index contributed by atoms with van der Waals surface area (Å²) in [7, 11) is 3.55. The highest BCUT2D eigenvalue weighted by molar-refractivity contribution is 5.80. The van der Waals surface area contributed by atoms with Crippen LogP contribution in [0.4, 0.5) is 0 Å². The highest BCUT2D eigenvalue weighted by Crippen LogP contribution is 2.13. The maximum atomic E-state index is 11.7. The van der Waals surface area contributed by atoms with Crippen LogP contribution < -0.4 is 11.1 Å². The molecule has 1 saturated heterocycles. The SMILES string of the molecule is CC(C)C(NC1CCN(CC(=O)N(C)C)CC1)C(N)=O. The number of likely N-dealkylation sites (N-methyl/N-ethyl adjacent to an activating group) is 1. The van der Waals surface area contributed by atoms with Crippen LogP contribution in [0, 0.1) is 5.92 Å². The minimum atomic E-state index is -0.287. The topological polar surface area (TPSA) is 78.7 Å². The summed E-state index contributed by atoms with van der Waals surface area (Å²) < 4.78 is 0. The quantitative estimate of drug-likeness (QED) is 0.698. The van der Waals surface area contributed by atoms with E-state index >= 15 is 0 Å². The first-order chi connectivity index (χ1) is 9.31. The molecule has 0 radical (unpaired) electrons. The second-order valence-corrected chi connectivity index (χ2v) is 6.13. The van der Waals surface area contributed by atoms with E-state index < -0.39 is 0 Å². The van der Waals surface area contributed by atoms with Crippen LogP contribution in [0.5, 0.6) is 0 Å². The van der Waals surface area contributed by atoms with E-state index in [0.29, 0.717) is 12.6 Å². The van der Waals surface area contributed by atoms with Gasteiger partial charge in [0.05, 0.1) is 12.6 Å². The average molecular weight is 284 g/mol. The molecule has 1 rings (SSSR count). The number of primary amides is 1. The molecule has 0 aromatic heterocycles. The Morgan fingerprint density at radius 3 is 2.25 bits per heavy atom. The van der Waals surface area contributed by atoms with E-state index in [1.807, 2.05) is 13.8 Å². The molecule has 0 saturated carbocycles. The Morgan fingerprint density at radius 2 is 1.85 bits per heavy atom. The molecule has 20 heavy (non-hydrogen) atoms. The Hall–Kier alpha value is -1.14. The zero-order chi connectivity index (χ0) is 15.3. The number of nitrogens with zero attached hydrogens (tertiary/aromatic N) is 2. The van der Waals surface area contributed by atoms with Crippen molar-refractivity contribution in [1.29, 1.82) is 0 Å². The molecule has 6 heteroatoms. The predicted molar refractivity (Wildman–Crippen MR) is 79.1 cm³/mol. The van der Waals surface area contributed by atoms with Crippen molar-refractivity contribution < 1.29 is 9.59 Å². The van der Waals surface area contributed by atoms with Gasteiger partial charge in [0.15, 0.2) is 0 Å². The van der Waals surface area contributed by atoms with Gasteiger partial charge in [-0.15, -0.1) is 0 Å². The number of amides is 2. The highest BCUT2D eigenvalue weighted by atomic mass is 16.2. The standard InChI is InChI=1S/C14H28N4O2/c1-10(2)13(14(15)20)16-11-5-7-18(8-6-11)9-12(19)17(3)4/h10-11,13,16H,5-9H2,1-4H3,(H2,15,20). The number of nitrogens with one attached hydrogen (secondary N) is 1. The summed E-state index contributed by atoms with van der Waals surface area (Å²) in [6, 6.07) is 0.0376. The van der Waals surface area contributed by atoms with Gasteiger partial charge in [-0.3, -0.25) is 14.5 Å². The molecule has 3 N–H and O–H groups in total. The Kier molecular flexibility index (Phi) is 6.42. The van der Waals surface area contributed by atoms with Crippen molar-refractivity contribution in [2.45, 2.75) is 38.8 Å². The van der Waals surface area contributed by atoms with Gasteiger partial charge in [0, 0.05) is 33.2 Å². The van der Waals surface area contributed by atoms with Crippen molar-refractivity contribution >= 4 is 11.8 Å². The van der Waals surface area contributed by atoms with Crippen LogP contribution in [0.2, 0.25) is 0 Å². The molecule has 6 nitrogen and oxygen atoms in total. The van der Waals surface area contributed by atoms with Crippen LogP contribution >= 0.6 is 0 Å². The second-order valence-electron chi connectivity index (χ2n) is 6.13. The van der Waals surface area contributed by atoms with Crippen molar-refractivity contribution in [1.82, 2.24) is 15.1 Å². The van der Waals surface area contributed by atoms with Crippen LogP contribution in [0.15, 0.2) is 0 Å². The number of hydrogen-bond donors (Lipinski definition) is 2. The number of piperidine rings is 1. The Bertz CT molecular complexity index is 336. The minimum absolute atomic E-state index is 0.133. The molecule has 0 spiro atoms. The molecule has 1 atom stereocenters. The van der Waals surface area contributed by atoms with E-state index in [1.165, 1.54) is 0 Å². The first-order valence-electron chi connectivity index (χ1n) is 7.29. The maximum Gasteiger partial charge on any atom is 0.236 e. The highest BCUT2D eigenvalue weighted by Gasteiger charge is 2.26. The first kappa shape index (κ1) is 16.9. The van der Waals surface area contributed by atoms with Crippen molar-refractivity contribution in [3.63, 3.8) is 0 Å². The van der Waals surface area contributed by atoms with Gasteiger partial charge >= 0.3 is 0 Å². The lowest BCUT2D eigenvalue weighted by Gasteiger charge is -2.34. The third-order valence-electron chi connectivity index (χ3n) is 3.83. The van der Waals surface area contributed by atoms with Gasteiger partial charge in [-0.05, 0) is 18.8 Å². The van der Waals surface area contributed by atoms with Gasteiger partial charge in [0.2, 0.25) is 11.8 Å². The normalized spacial score (nSPS) is 19.1. The van der Waals surface area contributed by atoms with E-state index in [1.54, 1.807) is 19.0 Å². The van der Waals surface area contributed by atoms with Gasteiger partial charge in [0.1, 0.15) is 0 Å². The fourth-order valence-electron chi connectivity index (χ4n) is 2.45. The summed E-state index contributed by atoms with van der Waals surface area (Å²) in [6.45, 7) is 6.21. The number of nitrogens with two attached hydrogens (primary N) is 1. The molecule has 1 aliphatic heterocycles. The van der Waals surface area contributed by atoms with Gasteiger partial charge in [-0.2, -0.15) is 0 Å². The number of carbonyl (C=O) groups is 2. The van der Waals surface area contributed by atoms with Crippen LogP contribution in [0.25, 0.3) is 0 Å². The minimum Gasteiger partial charge on any atom is -0.368 e. The number of likely N-dealkylation sites (tertiary alicyclic amines) is 1. The molecule has 1 aliphatic rings. The van der Waals surface area contributed by atoms with E-state index in [9.17, 15) is 9.59 Å². The number of hydrogen-bond acceptors (Lipinski definition) is 4. The molecule has 0 bridgehead atoms. The number of carbonyl (C=O) groups excluding carboxylic acids is 2. The first-order valence-corrected chi connectivity index (χ1v) is 7.29. The lowest BCUT2D eigenvalue weighted by Crippen LogP contribution is -2.53. The molecule has 2 amide bonds. The molecule has 0 aliphatic carbocycles. The smallest absolute Gasteiger partial charge is 0.236 e. The van der Waals surface area contributed by atoms with Crippen LogP contribution in [-0.2, 0) is 9.59 Å². The lowest BCUT2D eigenvalue weighted by atomic mass is 9.98. The maximum absolute atomic E-state index is 11.7. The second kappa shape index (κ2) is 7.59. The monoisotopic (exact) mass is 284 g/mol. The summed E-state index contributed by atoms with van der Waals surface area (Å²) in [5, 5.41) is 3.35. The Balaban J connectivity index is 2.38. The molecule has 0 aromatic rings. The van der Waals surface area contributed by atoms with Gasteiger partial charge < -0.3 is 16.0 Å². The Labute approximate surface area is 121 Å². The van der Waals surface area contributed by atoms with Crippen LogP contribution in [0.3, 0.4) is 0 Å². The van der Waals surface area contributed by atoms with Gasteiger partial charge in [-0.25, -0.2) is 0 Å². The fourth-order valence-corrected chi connectivity index (χ4v) is 2.45. The summed E-state index contributed by atoms with van der Waals surface area (Å²) in [4.78, 5) is 26.8. The van der Waals surface area contributed by atoms with Crippen molar-refractivity contribution in [2.24, 2.45) is 11.7 Å². The third-order valence-corrected chi connectivity index (χ3v) is 3.83. The van der Waals surface area contributed by atoms with Crippen molar-refractivity contribution in [2.75, 3.05) is 33.7 Å². The summed E-state index contributed by atoms with van der Waals surface area (Å²) in [5.41, 5.74) is 5.42. The fraction of sp³-hybridized carbons (Fsp3) is 0.857. The molecular weight excluding hydrogens is 256 g/mol. The molecule has 116 valence electrons. The van der Waals surface area contributed by atoms with Crippen LogP contribution in [-0.4, -0.2) is 67.4 Å². The van der Waals surface area contributed by atoms with E-state index in [0.717, 1.165) is 25.9 Å². The molecule has 1 fully saturated rings. The van der Waals surface area contributed by atoms with Crippen molar-refractivity contribution in [3.8, 4) is 0 Å². The third kappa shape index (κ3) is 5.09. The lowest BCUT2D eigenvalue weighted by molar-refractivity contribution is -0.130. The average Bonchev–Trinajstić information content (AvgIpc) is 2.36. The van der Waals surface area contributed by atoms with E-state index in [-0.39, 0.29) is 23.8 Å². The van der Waals surface area contributed by atoms with Crippen molar-refractivity contribution in [3.05, 3.63) is 0 Å². The molecule has 1 unspecified atom stereocenters.